The number of pyridine rings is 1. The van der Waals surface area contributed by atoms with Gasteiger partial charge in [-0.05, 0) is 69.2 Å². The zero-order valence-electron chi connectivity index (χ0n) is 23.2. The van der Waals surface area contributed by atoms with Crippen LogP contribution >= 0.6 is 11.3 Å². The number of primary amides is 1. The first-order valence-corrected chi connectivity index (χ1v) is 15.1. The maximum Gasteiger partial charge on any atom is 0.416 e. The lowest BCUT2D eigenvalue weighted by Gasteiger charge is -2.27. The quantitative estimate of drug-likeness (QED) is 0.309. The fraction of sp³-hybridized carbons (Fsp3) is 0.385. The number of rotatable bonds is 7. The molecule has 10 nitrogen and oxygen atoms in total. The maximum absolute atomic E-state index is 13.6. The molecule has 1 saturated heterocycles. The van der Waals surface area contributed by atoms with Crippen LogP contribution in [0.1, 0.15) is 37.2 Å². The zero-order chi connectivity index (χ0) is 32.8. The summed E-state index contributed by atoms with van der Waals surface area (Å²) in [4.78, 5) is 34.4. The average molecular weight is 665 g/mol. The Balaban J connectivity index is 1.50. The number of hydrogen-bond acceptors (Lipinski definition) is 7. The summed E-state index contributed by atoms with van der Waals surface area (Å²) < 4.78 is 107. The van der Waals surface area contributed by atoms with Crippen LogP contribution in [0.15, 0.2) is 47.5 Å². The lowest BCUT2D eigenvalue weighted by atomic mass is 9.87. The molecule has 1 aliphatic heterocycles. The van der Waals surface area contributed by atoms with Crippen LogP contribution in [0.2, 0.25) is 0 Å². The number of benzene rings is 1. The first kappa shape index (κ1) is 33.1. The second kappa shape index (κ2) is 11.6. The number of halogens is 6. The van der Waals surface area contributed by atoms with Gasteiger partial charge in [0.1, 0.15) is 11.5 Å². The molecule has 3 amide bonds. The zero-order valence-corrected chi connectivity index (χ0v) is 24.9. The number of urea groups is 1. The van der Waals surface area contributed by atoms with E-state index in [1.54, 1.807) is 6.92 Å². The van der Waals surface area contributed by atoms with Crippen molar-refractivity contribution in [2.24, 2.45) is 5.73 Å². The molecule has 2 atom stereocenters. The highest BCUT2D eigenvalue weighted by Crippen LogP contribution is 2.41. The van der Waals surface area contributed by atoms with Crippen molar-refractivity contribution in [3.63, 3.8) is 0 Å². The van der Waals surface area contributed by atoms with Gasteiger partial charge in [-0.3, -0.25) is 15.1 Å². The molecule has 3 heterocycles. The third kappa shape index (κ3) is 6.81. The Labute approximate surface area is 251 Å². The van der Waals surface area contributed by atoms with Crippen molar-refractivity contribution in [1.29, 1.82) is 0 Å². The van der Waals surface area contributed by atoms with Gasteiger partial charge in [-0.15, -0.1) is 0 Å². The number of carbonyl (C=O) groups excluding carboxylic acids is 2. The highest BCUT2D eigenvalue weighted by atomic mass is 32.2. The first-order chi connectivity index (χ1) is 20.2. The molecule has 1 aliphatic rings. The van der Waals surface area contributed by atoms with Gasteiger partial charge in [0, 0.05) is 18.8 Å². The molecular formula is C26H26F6N6O4S2. The number of anilines is 1. The Morgan fingerprint density at radius 1 is 1.07 bits per heavy atom. The molecule has 0 aliphatic carbocycles. The Bertz CT molecular complexity index is 1670. The molecule has 1 aromatic carbocycles. The van der Waals surface area contributed by atoms with Gasteiger partial charge in [0.2, 0.25) is 15.9 Å². The standard InChI is InChI=1S/C26H26F6N6O4S2/c1-13-20(14-8-9-34-19(10-14)24(2,3)26(30,31)32)43-22(35-13)36-23(40)38-12-16(11-18(38)21(33)39)37-44(41,42)17-6-4-15(5-7-17)25(27,28)29/h4-10,16,18,37H,11-12H2,1-3H3,(H2,33,39)(H,35,36,40)/t16-,18+/m1/s1. The number of amides is 3. The van der Waals surface area contributed by atoms with Gasteiger partial charge < -0.3 is 10.6 Å². The fourth-order valence-electron chi connectivity index (χ4n) is 4.47. The number of likely N-dealkylation sites (tertiary alicyclic amines) is 1. The van der Waals surface area contributed by atoms with Crippen LogP contribution < -0.4 is 15.8 Å². The Hall–Kier alpha value is -3.77. The third-order valence-electron chi connectivity index (χ3n) is 7.09. The Morgan fingerprint density at radius 3 is 2.27 bits per heavy atom. The first-order valence-electron chi connectivity index (χ1n) is 12.8. The molecular weight excluding hydrogens is 638 g/mol. The molecule has 18 heteroatoms. The van der Waals surface area contributed by atoms with Crippen molar-refractivity contribution in [2.75, 3.05) is 11.9 Å². The second-order valence-electron chi connectivity index (χ2n) is 10.6. The minimum atomic E-state index is -4.66. The van der Waals surface area contributed by atoms with E-state index in [9.17, 15) is 44.3 Å². The number of alkyl halides is 6. The van der Waals surface area contributed by atoms with Gasteiger partial charge in [-0.25, -0.2) is 22.9 Å². The number of nitrogens with two attached hydrogens (primary N) is 1. The average Bonchev–Trinajstić information content (AvgIpc) is 3.50. The normalized spacial score (nSPS) is 18.0. The van der Waals surface area contributed by atoms with E-state index in [0.29, 0.717) is 28.3 Å². The number of thiazole rings is 1. The molecule has 0 spiro atoms. The van der Waals surface area contributed by atoms with Crippen LogP contribution in [0.5, 0.6) is 0 Å². The second-order valence-corrected chi connectivity index (χ2v) is 13.3. The minimum absolute atomic E-state index is 0.0490. The molecule has 0 saturated carbocycles. The number of nitrogens with one attached hydrogen (secondary N) is 2. The van der Waals surface area contributed by atoms with Crippen molar-refractivity contribution in [1.82, 2.24) is 19.6 Å². The highest BCUT2D eigenvalue weighted by molar-refractivity contribution is 7.89. The molecule has 2 aromatic heterocycles. The lowest BCUT2D eigenvalue weighted by Crippen LogP contribution is -2.46. The molecule has 3 aromatic rings. The molecule has 4 rings (SSSR count). The monoisotopic (exact) mass is 664 g/mol. The maximum atomic E-state index is 13.6. The molecule has 0 radical (unpaired) electrons. The summed E-state index contributed by atoms with van der Waals surface area (Å²) in [6.45, 7) is 3.29. The predicted molar refractivity (Wildman–Crippen MR) is 148 cm³/mol. The van der Waals surface area contributed by atoms with Crippen molar-refractivity contribution in [2.45, 2.75) is 61.9 Å². The van der Waals surface area contributed by atoms with Gasteiger partial charge in [-0.2, -0.15) is 26.3 Å². The summed E-state index contributed by atoms with van der Waals surface area (Å²) in [6, 6.07) is 2.50. The summed E-state index contributed by atoms with van der Waals surface area (Å²) in [5.41, 5.74) is 2.74. The van der Waals surface area contributed by atoms with Crippen LogP contribution in [0.25, 0.3) is 10.4 Å². The van der Waals surface area contributed by atoms with Crippen LogP contribution in [-0.2, 0) is 26.4 Å². The van der Waals surface area contributed by atoms with E-state index in [0.717, 1.165) is 42.2 Å². The van der Waals surface area contributed by atoms with Crippen LogP contribution in [0.3, 0.4) is 0 Å². The van der Waals surface area contributed by atoms with Gasteiger partial charge in [0.15, 0.2) is 5.13 Å². The van der Waals surface area contributed by atoms with E-state index in [4.69, 9.17) is 5.73 Å². The number of aryl methyl sites for hydroxylation is 1. The largest absolute Gasteiger partial charge is 0.416 e. The summed E-state index contributed by atoms with van der Waals surface area (Å²) >= 11 is 0.961. The topological polar surface area (TPSA) is 147 Å². The van der Waals surface area contributed by atoms with Crippen molar-refractivity contribution in [3.05, 3.63) is 59.5 Å². The number of hydrogen-bond donors (Lipinski definition) is 3. The number of sulfonamides is 1. The van der Waals surface area contributed by atoms with Crippen molar-refractivity contribution in [3.8, 4) is 10.4 Å². The molecule has 4 N–H and O–H groups in total. The van der Waals surface area contributed by atoms with E-state index >= 15 is 0 Å². The van der Waals surface area contributed by atoms with Crippen molar-refractivity contribution >= 4 is 38.4 Å². The highest BCUT2D eigenvalue weighted by Gasteiger charge is 2.49. The minimum Gasteiger partial charge on any atom is -0.368 e. The Morgan fingerprint density at radius 2 is 1.70 bits per heavy atom. The number of nitrogens with zero attached hydrogens (tertiary/aromatic N) is 3. The summed E-state index contributed by atoms with van der Waals surface area (Å²) in [5, 5.41) is 2.56. The van der Waals surface area contributed by atoms with E-state index in [2.05, 4.69) is 20.0 Å². The molecule has 1 fully saturated rings. The molecule has 0 unspecified atom stereocenters. The van der Waals surface area contributed by atoms with E-state index in [1.165, 1.54) is 18.3 Å². The summed E-state index contributed by atoms with van der Waals surface area (Å²) in [5.74, 6) is -0.927. The van der Waals surface area contributed by atoms with Crippen LogP contribution in [-0.4, -0.2) is 60.0 Å². The molecule has 238 valence electrons. The molecule has 44 heavy (non-hydrogen) atoms. The van der Waals surface area contributed by atoms with Gasteiger partial charge >= 0.3 is 18.4 Å². The number of aromatic nitrogens is 2. The third-order valence-corrected chi connectivity index (χ3v) is 9.74. The summed E-state index contributed by atoms with van der Waals surface area (Å²) in [6.07, 6.45) is -8.19. The van der Waals surface area contributed by atoms with Gasteiger partial charge in [0.25, 0.3) is 0 Å². The van der Waals surface area contributed by atoms with Gasteiger partial charge in [0.05, 0.1) is 26.7 Å². The SMILES string of the molecule is Cc1nc(NC(=O)N2C[C@H](NS(=O)(=O)c3ccc(C(F)(F)F)cc3)C[C@H]2C(N)=O)sc1-c1ccnc(C(C)(C)C(F)(F)F)c1. The van der Waals surface area contributed by atoms with E-state index in [-0.39, 0.29) is 23.8 Å². The smallest absolute Gasteiger partial charge is 0.368 e. The Kier molecular flexibility index (Phi) is 8.75. The van der Waals surface area contributed by atoms with Gasteiger partial charge in [-0.1, -0.05) is 11.3 Å². The number of carbonyl (C=O) groups is 2. The van der Waals surface area contributed by atoms with Crippen LogP contribution in [0, 0.1) is 6.92 Å². The van der Waals surface area contributed by atoms with Crippen LogP contribution in [0.4, 0.5) is 36.3 Å². The fourth-order valence-corrected chi connectivity index (χ4v) is 6.66. The lowest BCUT2D eigenvalue weighted by molar-refractivity contribution is -0.181. The predicted octanol–water partition coefficient (Wildman–Crippen LogP) is 4.81. The van der Waals surface area contributed by atoms with Crippen molar-refractivity contribution < 1.29 is 44.3 Å². The van der Waals surface area contributed by atoms with E-state index in [1.807, 2.05) is 0 Å². The summed E-state index contributed by atoms with van der Waals surface area (Å²) in [7, 11) is -4.33. The molecule has 0 bridgehead atoms. The van der Waals surface area contributed by atoms with E-state index < -0.39 is 62.3 Å².